The van der Waals surface area contributed by atoms with Gasteiger partial charge in [0.05, 0.1) is 17.6 Å². The van der Waals surface area contributed by atoms with Crippen molar-refractivity contribution >= 4 is 23.4 Å². The topological polar surface area (TPSA) is 93.3 Å². The number of methoxy groups -OCH3 is 1. The number of nitrogens with one attached hydrogen (secondary N) is 2. The highest BCUT2D eigenvalue weighted by Crippen LogP contribution is 2.31. The van der Waals surface area contributed by atoms with Crippen LogP contribution in [0.3, 0.4) is 0 Å². The first-order valence-corrected chi connectivity index (χ1v) is 8.71. The number of rotatable bonds is 4. The summed E-state index contributed by atoms with van der Waals surface area (Å²) >= 11 is 0. The molecule has 0 bridgehead atoms. The zero-order valence-corrected chi connectivity index (χ0v) is 17.2. The van der Waals surface area contributed by atoms with Crippen molar-refractivity contribution in [3.8, 4) is 0 Å². The first-order chi connectivity index (χ1) is 13.2. The van der Waals surface area contributed by atoms with Gasteiger partial charge in [0.15, 0.2) is 5.60 Å². The number of hydrogen-bond donors (Lipinski definition) is 2. The molecular weight excluding hydrogens is 391 g/mol. The second kappa shape index (κ2) is 9.25. The molecule has 0 atom stereocenters. The number of imidazole rings is 1. The first-order valence-electron chi connectivity index (χ1n) is 8.71. The van der Waals surface area contributed by atoms with Gasteiger partial charge in [0.1, 0.15) is 17.7 Å². The Kier molecular flexibility index (Phi) is 7.79. The summed E-state index contributed by atoms with van der Waals surface area (Å²) in [6.45, 7) is 7.60. The number of aromatic amines is 1. The quantitative estimate of drug-likeness (QED) is 0.721. The number of alkyl halides is 3. The molecular formula is C19H26F3N3O4. The fourth-order valence-corrected chi connectivity index (χ4v) is 1.82. The van der Waals surface area contributed by atoms with Crippen LogP contribution in [0, 0.1) is 0 Å². The average Bonchev–Trinajstić information content (AvgIpc) is 3.00. The zero-order valence-electron chi connectivity index (χ0n) is 17.2. The molecule has 1 aromatic heterocycles. The molecule has 162 valence electrons. The van der Waals surface area contributed by atoms with Gasteiger partial charge >= 0.3 is 12.3 Å². The molecule has 10 heteroatoms. The van der Waals surface area contributed by atoms with Crippen LogP contribution in [0.1, 0.15) is 50.8 Å². The number of alkyl carbamates (subject to hydrolysis) is 1. The Hall–Kier alpha value is -2.62. The van der Waals surface area contributed by atoms with Crippen LogP contribution in [0.4, 0.5) is 18.0 Å². The van der Waals surface area contributed by atoms with Crippen molar-refractivity contribution in [1.29, 1.82) is 0 Å². The Labute approximate surface area is 167 Å². The molecule has 0 unspecified atom stereocenters. The lowest BCUT2D eigenvalue weighted by atomic mass is 10.1. The van der Waals surface area contributed by atoms with Gasteiger partial charge < -0.3 is 19.8 Å². The van der Waals surface area contributed by atoms with Gasteiger partial charge in [0.2, 0.25) is 0 Å². The molecule has 0 saturated carbocycles. The van der Waals surface area contributed by atoms with Crippen LogP contribution >= 0.6 is 0 Å². The van der Waals surface area contributed by atoms with Crippen LogP contribution in [0.25, 0.3) is 11.0 Å². The van der Waals surface area contributed by atoms with Crippen molar-refractivity contribution in [2.24, 2.45) is 0 Å². The third-order valence-corrected chi connectivity index (χ3v) is 3.68. The van der Waals surface area contributed by atoms with E-state index in [1.165, 1.54) is 0 Å². The van der Waals surface area contributed by atoms with Gasteiger partial charge in [-0.05, 0) is 52.8 Å². The SMILES string of the molecule is CC(C)(C)OC(=O)NCc1nc2ccc(C=O)cc2[nH]1.COC(C)(C)C(F)(F)F. The Morgan fingerprint density at radius 3 is 2.28 bits per heavy atom. The van der Waals surface area contributed by atoms with Crippen LogP contribution in [0.15, 0.2) is 18.2 Å². The molecule has 2 N–H and O–H groups in total. The predicted octanol–water partition coefficient (Wildman–Crippen LogP) is 4.37. The number of ether oxygens (including phenoxy) is 2. The van der Waals surface area contributed by atoms with E-state index in [4.69, 9.17) is 4.74 Å². The van der Waals surface area contributed by atoms with E-state index in [0.29, 0.717) is 11.4 Å². The fraction of sp³-hybridized carbons (Fsp3) is 0.526. The summed E-state index contributed by atoms with van der Waals surface area (Å²) < 4.78 is 44.4. The molecule has 0 radical (unpaired) electrons. The van der Waals surface area contributed by atoms with Crippen LogP contribution in [-0.4, -0.2) is 46.8 Å². The van der Waals surface area contributed by atoms with Gasteiger partial charge in [0, 0.05) is 12.7 Å². The molecule has 2 rings (SSSR count). The van der Waals surface area contributed by atoms with E-state index in [1.54, 1.807) is 39.0 Å². The van der Waals surface area contributed by atoms with Gasteiger partial charge in [-0.15, -0.1) is 0 Å². The summed E-state index contributed by atoms with van der Waals surface area (Å²) in [5.41, 5.74) is -0.468. The number of aromatic nitrogens is 2. The largest absolute Gasteiger partial charge is 0.444 e. The number of amides is 1. The maximum Gasteiger partial charge on any atom is 0.416 e. The number of H-pyrrole nitrogens is 1. The maximum atomic E-state index is 11.7. The number of halogens is 3. The number of benzene rings is 1. The number of carbonyl (C=O) groups excluding carboxylic acids is 2. The molecule has 0 fully saturated rings. The van der Waals surface area contributed by atoms with Crippen molar-refractivity contribution in [3.05, 3.63) is 29.6 Å². The number of hydrogen-bond acceptors (Lipinski definition) is 5. The average molecular weight is 417 g/mol. The molecule has 0 aliphatic carbocycles. The molecule has 7 nitrogen and oxygen atoms in total. The number of nitrogens with zero attached hydrogens (tertiary/aromatic N) is 1. The normalized spacial score (nSPS) is 12.2. The van der Waals surface area contributed by atoms with Crippen molar-refractivity contribution in [1.82, 2.24) is 15.3 Å². The third kappa shape index (κ3) is 7.72. The van der Waals surface area contributed by atoms with Gasteiger partial charge in [-0.2, -0.15) is 13.2 Å². The van der Waals surface area contributed by atoms with E-state index in [-0.39, 0.29) is 6.54 Å². The standard InChI is InChI=1S/C14H17N3O3.C5H9F3O/c1-14(2,3)20-13(19)15-7-12-16-10-5-4-9(8-18)6-11(10)17-12;1-4(2,9-3)5(6,7)8/h4-6,8H,7H2,1-3H3,(H,15,19)(H,16,17);1-3H3. The molecule has 1 aromatic carbocycles. The van der Waals surface area contributed by atoms with Crippen LogP contribution in [0.5, 0.6) is 0 Å². The monoisotopic (exact) mass is 417 g/mol. The van der Waals surface area contributed by atoms with Crippen LogP contribution in [-0.2, 0) is 16.0 Å². The smallest absolute Gasteiger partial charge is 0.416 e. The van der Waals surface area contributed by atoms with Crippen molar-refractivity contribution in [2.75, 3.05) is 7.11 Å². The summed E-state index contributed by atoms with van der Waals surface area (Å²) in [5.74, 6) is 0.605. The highest BCUT2D eigenvalue weighted by molar-refractivity contribution is 5.84. The Balaban J connectivity index is 0.000000396. The van der Waals surface area contributed by atoms with Crippen LogP contribution in [0.2, 0.25) is 0 Å². The lowest BCUT2D eigenvalue weighted by molar-refractivity contribution is -0.255. The summed E-state index contributed by atoms with van der Waals surface area (Å²) in [7, 11) is 1.04. The van der Waals surface area contributed by atoms with Gasteiger partial charge in [-0.3, -0.25) is 4.79 Å². The molecule has 0 saturated heterocycles. The minimum atomic E-state index is -4.28. The third-order valence-electron chi connectivity index (χ3n) is 3.68. The Morgan fingerprint density at radius 1 is 1.21 bits per heavy atom. The molecule has 1 amide bonds. The highest BCUT2D eigenvalue weighted by atomic mass is 19.4. The first kappa shape index (κ1) is 24.4. The minimum absolute atomic E-state index is 0.236. The molecule has 0 aliphatic heterocycles. The molecule has 2 aromatic rings. The number of fused-ring (bicyclic) bond motifs is 1. The predicted molar refractivity (Wildman–Crippen MR) is 102 cm³/mol. The Morgan fingerprint density at radius 2 is 1.83 bits per heavy atom. The Bertz CT molecular complexity index is 839. The summed E-state index contributed by atoms with van der Waals surface area (Å²) in [6.07, 6.45) is -3.99. The summed E-state index contributed by atoms with van der Waals surface area (Å²) in [5, 5.41) is 2.62. The van der Waals surface area contributed by atoms with E-state index < -0.39 is 23.5 Å². The van der Waals surface area contributed by atoms with E-state index in [0.717, 1.165) is 38.3 Å². The van der Waals surface area contributed by atoms with Crippen molar-refractivity contribution in [3.63, 3.8) is 0 Å². The summed E-state index contributed by atoms with van der Waals surface area (Å²) in [4.78, 5) is 29.6. The maximum absolute atomic E-state index is 11.7. The molecule has 1 heterocycles. The zero-order chi connectivity index (χ0) is 22.5. The van der Waals surface area contributed by atoms with E-state index in [9.17, 15) is 22.8 Å². The van der Waals surface area contributed by atoms with E-state index in [2.05, 4.69) is 20.0 Å². The number of aldehydes is 1. The van der Waals surface area contributed by atoms with E-state index in [1.807, 2.05) is 0 Å². The van der Waals surface area contributed by atoms with Crippen molar-refractivity contribution < 1.29 is 32.2 Å². The lowest BCUT2D eigenvalue weighted by Crippen LogP contribution is -2.40. The highest BCUT2D eigenvalue weighted by Gasteiger charge is 2.47. The molecule has 29 heavy (non-hydrogen) atoms. The van der Waals surface area contributed by atoms with Crippen LogP contribution < -0.4 is 5.32 Å². The molecule has 0 spiro atoms. The lowest BCUT2D eigenvalue weighted by Gasteiger charge is -2.25. The minimum Gasteiger partial charge on any atom is -0.444 e. The summed E-state index contributed by atoms with van der Waals surface area (Å²) in [6, 6.07) is 5.17. The fourth-order valence-electron chi connectivity index (χ4n) is 1.82. The van der Waals surface area contributed by atoms with E-state index >= 15 is 0 Å². The van der Waals surface area contributed by atoms with Crippen molar-refractivity contribution in [2.45, 2.75) is 58.5 Å². The second-order valence-electron chi connectivity index (χ2n) is 7.65. The second-order valence-corrected chi connectivity index (χ2v) is 7.65. The van der Waals surface area contributed by atoms with Gasteiger partial charge in [-0.1, -0.05) is 0 Å². The number of carbonyl (C=O) groups is 2. The molecule has 0 aliphatic rings. The van der Waals surface area contributed by atoms with Gasteiger partial charge in [0.25, 0.3) is 0 Å². The van der Waals surface area contributed by atoms with Gasteiger partial charge in [-0.25, -0.2) is 9.78 Å².